The van der Waals surface area contributed by atoms with Gasteiger partial charge in [-0.05, 0) is 77.0 Å². The second-order valence-electron chi connectivity index (χ2n) is 17.1. The van der Waals surface area contributed by atoms with Gasteiger partial charge in [0, 0.05) is 12.8 Å². The minimum Gasteiger partial charge on any atom is -0.462 e. The van der Waals surface area contributed by atoms with Gasteiger partial charge in [0.25, 0.3) is 10.1 Å². The summed E-state index contributed by atoms with van der Waals surface area (Å²) >= 11 is 0. The van der Waals surface area contributed by atoms with Gasteiger partial charge < -0.3 is 34.3 Å². The van der Waals surface area contributed by atoms with Crippen LogP contribution in [0.1, 0.15) is 194 Å². The fraction of sp³-hybridized carbons (Fsp3) is 0.765. The average Bonchev–Trinajstić information content (AvgIpc) is 3.26. The fourth-order valence-electron chi connectivity index (χ4n) is 7.19. The van der Waals surface area contributed by atoms with E-state index in [0.717, 1.165) is 64.2 Å². The van der Waals surface area contributed by atoms with Crippen molar-refractivity contribution in [1.82, 2.24) is 0 Å². The lowest BCUT2D eigenvalue weighted by atomic mass is 10.00. The minimum absolute atomic E-state index is 0.124. The van der Waals surface area contributed by atoms with Gasteiger partial charge in [-0.15, -0.1) is 0 Å². The maximum atomic E-state index is 12.8. The first-order valence-electron chi connectivity index (χ1n) is 24.8. The number of hydrogen-bond acceptors (Lipinski definition) is 11. The molecule has 0 aromatic rings. The van der Waals surface area contributed by atoms with Crippen molar-refractivity contribution < 1.29 is 56.8 Å². The molecule has 0 aliphatic carbocycles. The molecule has 12 nitrogen and oxygen atoms in total. The molecule has 13 heteroatoms. The molecular weight excluding hydrogens is 837 g/mol. The number of aliphatic hydroxyl groups excluding tert-OH is 3. The maximum absolute atomic E-state index is 12.8. The van der Waals surface area contributed by atoms with Crippen molar-refractivity contribution in [3.05, 3.63) is 60.8 Å². The Morgan fingerprint density at radius 2 is 0.969 bits per heavy atom. The molecule has 1 aliphatic rings. The zero-order valence-corrected chi connectivity index (χ0v) is 40.4. The molecule has 0 saturated carbocycles. The summed E-state index contributed by atoms with van der Waals surface area (Å²) in [5, 5.41) is 30.9. The van der Waals surface area contributed by atoms with Crippen molar-refractivity contribution in [3.63, 3.8) is 0 Å². The molecule has 6 atom stereocenters. The molecule has 0 aromatic heterocycles. The van der Waals surface area contributed by atoms with Gasteiger partial charge >= 0.3 is 11.9 Å². The van der Waals surface area contributed by atoms with Crippen molar-refractivity contribution in [2.45, 2.75) is 230 Å². The molecule has 370 valence electrons. The van der Waals surface area contributed by atoms with Crippen molar-refractivity contribution >= 4 is 22.1 Å². The molecule has 4 N–H and O–H groups in total. The monoisotopic (exact) mass is 925 g/mol. The number of rotatable bonds is 41. The van der Waals surface area contributed by atoms with Crippen LogP contribution in [0.15, 0.2) is 60.8 Å². The van der Waals surface area contributed by atoms with Crippen LogP contribution in [-0.4, -0.2) is 96.0 Å². The lowest BCUT2D eigenvalue weighted by Crippen LogP contribution is -2.60. The molecule has 1 fully saturated rings. The van der Waals surface area contributed by atoms with E-state index in [1.807, 2.05) is 0 Å². The molecule has 1 rings (SSSR count). The van der Waals surface area contributed by atoms with Crippen LogP contribution >= 0.6 is 0 Å². The Balaban J connectivity index is 2.42. The highest BCUT2D eigenvalue weighted by Gasteiger charge is 2.46. The number of hydrogen-bond donors (Lipinski definition) is 4. The fourth-order valence-corrected chi connectivity index (χ4v) is 7.88. The number of carbonyl (C=O) groups excluding carboxylic acids is 2. The van der Waals surface area contributed by atoms with Gasteiger partial charge in [0.2, 0.25) is 0 Å². The number of allylic oxidation sites excluding steroid dienone is 10. The molecule has 1 saturated heterocycles. The van der Waals surface area contributed by atoms with E-state index in [4.69, 9.17) is 18.9 Å². The van der Waals surface area contributed by atoms with Gasteiger partial charge in [0.05, 0.1) is 6.61 Å². The zero-order valence-electron chi connectivity index (χ0n) is 39.6. The van der Waals surface area contributed by atoms with Crippen LogP contribution < -0.4 is 0 Å². The Bertz CT molecular complexity index is 1410. The van der Waals surface area contributed by atoms with Crippen LogP contribution in [0.25, 0.3) is 0 Å². The Morgan fingerprint density at radius 1 is 0.531 bits per heavy atom. The van der Waals surface area contributed by atoms with Crippen molar-refractivity contribution in [2.24, 2.45) is 0 Å². The van der Waals surface area contributed by atoms with Gasteiger partial charge in [-0.3, -0.25) is 14.1 Å². The summed E-state index contributed by atoms with van der Waals surface area (Å²) in [7, 11) is -4.61. The summed E-state index contributed by atoms with van der Waals surface area (Å²) in [6, 6.07) is 0. The van der Waals surface area contributed by atoms with E-state index >= 15 is 0 Å². The summed E-state index contributed by atoms with van der Waals surface area (Å²) in [6.45, 7) is 3.67. The average molecular weight is 925 g/mol. The largest absolute Gasteiger partial charge is 0.462 e. The highest BCUT2D eigenvalue weighted by atomic mass is 32.2. The molecule has 0 aromatic carbocycles. The maximum Gasteiger partial charge on any atom is 0.306 e. The third-order valence-corrected chi connectivity index (χ3v) is 11.8. The third kappa shape index (κ3) is 34.7. The zero-order chi connectivity index (χ0) is 46.9. The quantitative estimate of drug-likeness (QED) is 0.0197. The van der Waals surface area contributed by atoms with Gasteiger partial charge in [-0.25, -0.2) is 0 Å². The van der Waals surface area contributed by atoms with Crippen molar-refractivity contribution in [2.75, 3.05) is 19.0 Å². The first-order valence-corrected chi connectivity index (χ1v) is 26.5. The highest BCUT2D eigenvalue weighted by molar-refractivity contribution is 7.85. The Labute approximate surface area is 387 Å². The summed E-state index contributed by atoms with van der Waals surface area (Å²) in [4.78, 5) is 25.5. The van der Waals surface area contributed by atoms with E-state index in [0.29, 0.717) is 12.8 Å². The van der Waals surface area contributed by atoms with Crippen LogP contribution in [0.3, 0.4) is 0 Å². The van der Waals surface area contributed by atoms with Crippen LogP contribution in [-0.2, 0) is 38.7 Å². The normalized spacial score (nSPS) is 20.1. The Hall–Kier alpha value is -2.65. The van der Waals surface area contributed by atoms with E-state index in [2.05, 4.69) is 74.6 Å². The molecule has 1 aliphatic heterocycles. The summed E-state index contributed by atoms with van der Waals surface area (Å²) < 4.78 is 54.2. The van der Waals surface area contributed by atoms with E-state index in [1.165, 1.54) is 89.9 Å². The molecule has 0 amide bonds. The second kappa shape index (κ2) is 40.6. The Morgan fingerprint density at radius 3 is 1.48 bits per heavy atom. The predicted molar refractivity (Wildman–Crippen MR) is 256 cm³/mol. The van der Waals surface area contributed by atoms with Gasteiger partial charge in [-0.2, -0.15) is 8.42 Å². The van der Waals surface area contributed by atoms with E-state index in [-0.39, 0.29) is 19.4 Å². The predicted octanol–water partition coefficient (Wildman–Crippen LogP) is 10.9. The SMILES string of the molecule is CCC/C=C/C/C=C/C/C=C/C/C=C/CCCCCC(=O)O[C@H](COC(=O)CCCCCCCCCCC/C=C/CCCCCCCC)CO[C@H]1O[C@H](CS(=O)(=O)O)[C@@H](O)C(O)C1O. The third-order valence-electron chi connectivity index (χ3n) is 11.1. The van der Waals surface area contributed by atoms with E-state index < -0.39 is 71.2 Å². The van der Waals surface area contributed by atoms with Crippen LogP contribution in [0.2, 0.25) is 0 Å². The smallest absolute Gasteiger partial charge is 0.306 e. The lowest BCUT2D eigenvalue weighted by Gasteiger charge is -2.40. The lowest BCUT2D eigenvalue weighted by molar-refractivity contribution is -0.297. The molecule has 0 spiro atoms. The molecule has 64 heavy (non-hydrogen) atoms. The second-order valence-corrected chi connectivity index (χ2v) is 18.6. The summed E-state index contributed by atoms with van der Waals surface area (Å²) in [5.74, 6) is -2.03. The first kappa shape index (κ1) is 59.4. The molecular formula is C51H88O12S. The number of esters is 2. The van der Waals surface area contributed by atoms with E-state index in [9.17, 15) is 37.9 Å². The van der Waals surface area contributed by atoms with Crippen LogP contribution in [0.4, 0.5) is 0 Å². The van der Waals surface area contributed by atoms with Crippen molar-refractivity contribution in [3.8, 4) is 0 Å². The topological polar surface area (TPSA) is 186 Å². The van der Waals surface area contributed by atoms with Gasteiger partial charge in [0.15, 0.2) is 12.4 Å². The van der Waals surface area contributed by atoms with E-state index in [1.54, 1.807) is 0 Å². The molecule has 0 bridgehead atoms. The van der Waals surface area contributed by atoms with Gasteiger partial charge in [0.1, 0.15) is 36.8 Å². The molecule has 1 heterocycles. The van der Waals surface area contributed by atoms with Gasteiger partial charge in [-0.1, -0.05) is 164 Å². The Kier molecular flexibility index (Phi) is 37.7. The molecule has 2 unspecified atom stereocenters. The minimum atomic E-state index is -4.61. The number of carbonyl (C=O) groups is 2. The van der Waals surface area contributed by atoms with Crippen LogP contribution in [0, 0.1) is 0 Å². The van der Waals surface area contributed by atoms with Crippen molar-refractivity contribution in [1.29, 1.82) is 0 Å². The highest BCUT2D eigenvalue weighted by Crippen LogP contribution is 2.24. The standard InChI is InChI=1S/C51H88O12S/c1-3-5-7-9-11-13-15-17-19-21-22-24-25-27-29-31-33-35-37-39-46(52)60-41-44(42-61-51-50(56)49(55)48(54)45(63-51)43-64(57,58)59)62-47(53)40-38-36-34-32-30-28-26-23-20-18-16-14-12-10-8-6-4-2/h8,10,14,16-17,19-20,23,28,30,44-45,48-51,54-56H,3-7,9,11-13,15,18,21-22,24-27,29,31-43H2,1-2H3,(H,57,58,59)/b10-8+,16-14+,19-17+,23-20+,30-28+/t44-,45-,48-,49?,50?,51+/m1/s1. The first-order chi connectivity index (χ1) is 31.0. The molecule has 0 radical (unpaired) electrons. The summed E-state index contributed by atoms with van der Waals surface area (Å²) in [6.07, 6.45) is 41.1. The number of unbranched alkanes of at least 4 members (excludes halogenated alkanes) is 19. The summed E-state index contributed by atoms with van der Waals surface area (Å²) in [5.41, 5.74) is 0. The number of ether oxygens (including phenoxy) is 4. The van der Waals surface area contributed by atoms with Crippen LogP contribution in [0.5, 0.6) is 0 Å². The number of aliphatic hydroxyl groups is 3.